The van der Waals surface area contributed by atoms with Gasteiger partial charge in [0.25, 0.3) is 5.91 Å². The van der Waals surface area contributed by atoms with Crippen molar-refractivity contribution in [1.29, 1.82) is 0 Å². The summed E-state index contributed by atoms with van der Waals surface area (Å²) in [4.78, 5) is 17.1. The number of aromatic amines is 1. The first-order valence-electron chi connectivity index (χ1n) is 10.0. The number of hydrogen-bond donors (Lipinski definition) is 2. The highest BCUT2D eigenvalue weighted by Crippen LogP contribution is 2.29. The lowest BCUT2D eigenvalue weighted by atomic mass is 10.0. The summed E-state index contributed by atoms with van der Waals surface area (Å²) in [5.41, 5.74) is 3.63. The van der Waals surface area contributed by atoms with E-state index in [1.165, 1.54) is 0 Å². The summed E-state index contributed by atoms with van der Waals surface area (Å²) in [6.07, 6.45) is 0. The molecule has 2 heterocycles. The predicted molar refractivity (Wildman–Crippen MR) is 119 cm³/mol. The molecule has 0 unspecified atom stereocenters. The average Bonchev–Trinajstić information content (AvgIpc) is 3.40. The Morgan fingerprint density at radius 3 is 2.65 bits per heavy atom. The van der Waals surface area contributed by atoms with Crippen LogP contribution in [-0.4, -0.2) is 38.0 Å². The van der Waals surface area contributed by atoms with Gasteiger partial charge >= 0.3 is 0 Å². The van der Waals surface area contributed by atoms with Crippen molar-refractivity contribution in [2.45, 2.75) is 26.7 Å². The third-order valence-corrected chi connectivity index (χ3v) is 4.98. The smallest absolute Gasteiger partial charge is 0.296 e. The molecule has 8 nitrogen and oxygen atoms in total. The monoisotopic (exact) mass is 416 g/mol. The van der Waals surface area contributed by atoms with Crippen LogP contribution in [0.1, 0.15) is 41.8 Å². The molecule has 2 N–H and O–H groups in total. The predicted octanol–water partition coefficient (Wildman–Crippen LogP) is 4.35. The molecule has 0 spiro atoms. The Kier molecular flexibility index (Phi) is 5.53. The van der Waals surface area contributed by atoms with Crippen LogP contribution in [-0.2, 0) is 0 Å². The maximum absolute atomic E-state index is 12.8. The molecule has 0 fully saturated rings. The second-order valence-corrected chi connectivity index (χ2v) is 7.43. The number of carbonyl (C=O) groups excluding carboxylic acids is 1. The summed E-state index contributed by atoms with van der Waals surface area (Å²) in [5.74, 6) is 1.69. The molecule has 0 atom stereocenters. The van der Waals surface area contributed by atoms with E-state index in [2.05, 4.69) is 45.5 Å². The maximum atomic E-state index is 12.8. The molecule has 4 aromatic rings. The van der Waals surface area contributed by atoms with E-state index in [9.17, 15) is 4.79 Å². The van der Waals surface area contributed by atoms with Crippen molar-refractivity contribution in [1.82, 2.24) is 25.0 Å². The van der Waals surface area contributed by atoms with Gasteiger partial charge < -0.3 is 10.1 Å². The van der Waals surface area contributed by atoms with Gasteiger partial charge in [0, 0.05) is 11.6 Å². The van der Waals surface area contributed by atoms with Gasteiger partial charge in [0.15, 0.2) is 5.82 Å². The summed E-state index contributed by atoms with van der Waals surface area (Å²) >= 11 is 0. The summed E-state index contributed by atoms with van der Waals surface area (Å²) in [6, 6.07) is 17.3. The zero-order valence-electron chi connectivity index (χ0n) is 17.9. The van der Waals surface area contributed by atoms with E-state index in [0.717, 1.165) is 22.5 Å². The van der Waals surface area contributed by atoms with E-state index in [0.29, 0.717) is 23.3 Å². The van der Waals surface area contributed by atoms with Gasteiger partial charge in [-0.3, -0.25) is 9.89 Å². The third-order valence-electron chi connectivity index (χ3n) is 4.98. The number of methoxy groups -OCH3 is 1. The Balaban J connectivity index is 1.57. The minimum absolute atomic E-state index is 0.0814. The van der Waals surface area contributed by atoms with Crippen molar-refractivity contribution in [3.63, 3.8) is 0 Å². The van der Waals surface area contributed by atoms with Crippen molar-refractivity contribution in [2.75, 3.05) is 12.4 Å². The Morgan fingerprint density at radius 1 is 1.13 bits per heavy atom. The fourth-order valence-electron chi connectivity index (χ4n) is 3.45. The van der Waals surface area contributed by atoms with Crippen LogP contribution in [0.5, 0.6) is 5.75 Å². The van der Waals surface area contributed by atoms with Crippen molar-refractivity contribution in [2.24, 2.45) is 0 Å². The Labute approximate surface area is 180 Å². The highest BCUT2D eigenvalue weighted by molar-refractivity contribution is 6.01. The summed E-state index contributed by atoms with van der Waals surface area (Å²) in [6.45, 7) is 6.07. The number of amides is 1. The maximum Gasteiger partial charge on any atom is 0.296 e. The molecular weight excluding hydrogens is 392 g/mol. The second-order valence-electron chi connectivity index (χ2n) is 7.43. The number of rotatable bonds is 6. The van der Waals surface area contributed by atoms with Crippen LogP contribution in [0.25, 0.3) is 16.9 Å². The molecule has 2 aromatic heterocycles. The summed E-state index contributed by atoms with van der Waals surface area (Å²) < 4.78 is 7.09. The number of anilines is 1. The standard InChI is InChI=1S/C23H24N6O2/c1-14(2)16-9-5-7-11-19(16)29-15(3)24-22(28-29)23(30)25-21-13-18(26-27-21)17-10-6-8-12-20(17)31-4/h5-14H,1-4H3,(H2,25,26,27,30). The Morgan fingerprint density at radius 2 is 1.87 bits per heavy atom. The molecular formula is C23H24N6O2. The lowest BCUT2D eigenvalue weighted by molar-refractivity contribution is 0.101. The Bertz CT molecular complexity index is 1220. The number of hydrogen-bond acceptors (Lipinski definition) is 5. The van der Waals surface area contributed by atoms with E-state index >= 15 is 0 Å². The van der Waals surface area contributed by atoms with Gasteiger partial charge in [0.1, 0.15) is 11.6 Å². The van der Waals surface area contributed by atoms with E-state index in [4.69, 9.17) is 4.74 Å². The SMILES string of the molecule is COc1ccccc1-c1cc(NC(=O)c2nc(C)n(-c3ccccc3C(C)C)n2)n[nH]1. The molecule has 8 heteroatoms. The van der Waals surface area contributed by atoms with Gasteiger partial charge in [-0.1, -0.05) is 44.2 Å². The number of aromatic nitrogens is 5. The van der Waals surface area contributed by atoms with E-state index in [-0.39, 0.29) is 5.82 Å². The molecule has 31 heavy (non-hydrogen) atoms. The minimum atomic E-state index is -0.429. The first-order valence-corrected chi connectivity index (χ1v) is 10.0. The molecule has 2 aromatic carbocycles. The topological polar surface area (TPSA) is 97.7 Å². The van der Waals surface area contributed by atoms with E-state index in [1.54, 1.807) is 17.9 Å². The number of nitrogens with zero attached hydrogens (tertiary/aromatic N) is 4. The van der Waals surface area contributed by atoms with Crippen molar-refractivity contribution >= 4 is 11.7 Å². The molecule has 0 saturated heterocycles. The second kappa shape index (κ2) is 8.43. The third kappa shape index (κ3) is 4.05. The van der Waals surface area contributed by atoms with Crippen LogP contribution < -0.4 is 10.1 Å². The van der Waals surface area contributed by atoms with Gasteiger partial charge in [-0.25, -0.2) is 9.67 Å². The quantitative estimate of drug-likeness (QED) is 0.487. The summed E-state index contributed by atoms with van der Waals surface area (Å²) in [5, 5.41) is 14.3. The molecule has 0 radical (unpaired) electrons. The zero-order valence-corrected chi connectivity index (χ0v) is 17.9. The zero-order chi connectivity index (χ0) is 22.0. The molecule has 0 aliphatic carbocycles. The fraction of sp³-hybridized carbons (Fsp3) is 0.217. The van der Waals surface area contributed by atoms with Crippen molar-refractivity contribution < 1.29 is 9.53 Å². The molecule has 0 aliphatic heterocycles. The van der Waals surface area contributed by atoms with Gasteiger partial charge in [-0.05, 0) is 36.6 Å². The lowest BCUT2D eigenvalue weighted by Crippen LogP contribution is -2.14. The number of carbonyl (C=O) groups is 1. The fourth-order valence-corrected chi connectivity index (χ4v) is 3.45. The molecule has 0 saturated carbocycles. The van der Waals surface area contributed by atoms with Crippen LogP contribution in [0.3, 0.4) is 0 Å². The van der Waals surface area contributed by atoms with Crippen LogP contribution in [0.4, 0.5) is 5.82 Å². The van der Waals surface area contributed by atoms with Crippen molar-refractivity contribution in [3.8, 4) is 22.7 Å². The first kappa shape index (κ1) is 20.3. The first-order chi connectivity index (χ1) is 15.0. The molecule has 158 valence electrons. The highest BCUT2D eigenvalue weighted by atomic mass is 16.5. The van der Waals surface area contributed by atoms with E-state index in [1.807, 2.05) is 49.4 Å². The largest absolute Gasteiger partial charge is 0.496 e. The van der Waals surface area contributed by atoms with Crippen LogP contribution in [0.2, 0.25) is 0 Å². The normalized spacial score (nSPS) is 11.0. The van der Waals surface area contributed by atoms with Crippen LogP contribution in [0, 0.1) is 6.92 Å². The number of nitrogens with one attached hydrogen (secondary N) is 2. The van der Waals surface area contributed by atoms with Crippen LogP contribution in [0.15, 0.2) is 54.6 Å². The summed E-state index contributed by atoms with van der Waals surface area (Å²) in [7, 11) is 1.61. The Hall–Kier alpha value is -3.94. The van der Waals surface area contributed by atoms with Gasteiger partial charge in [0.2, 0.25) is 5.82 Å². The number of H-pyrrole nitrogens is 1. The average molecular weight is 416 g/mol. The van der Waals surface area contributed by atoms with Crippen LogP contribution >= 0.6 is 0 Å². The number of ether oxygens (including phenoxy) is 1. The molecule has 1 amide bonds. The van der Waals surface area contributed by atoms with Gasteiger partial charge in [-0.2, -0.15) is 5.10 Å². The van der Waals surface area contributed by atoms with Gasteiger partial charge in [0.05, 0.1) is 18.5 Å². The number of para-hydroxylation sites is 2. The molecule has 0 bridgehead atoms. The minimum Gasteiger partial charge on any atom is -0.496 e. The number of aryl methyl sites for hydroxylation is 1. The lowest BCUT2D eigenvalue weighted by Gasteiger charge is -2.12. The van der Waals surface area contributed by atoms with Gasteiger partial charge in [-0.15, -0.1) is 5.10 Å². The molecule has 4 rings (SSSR count). The highest BCUT2D eigenvalue weighted by Gasteiger charge is 2.19. The number of benzene rings is 2. The van der Waals surface area contributed by atoms with E-state index < -0.39 is 5.91 Å². The molecule has 0 aliphatic rings. The van der Waals surface area contributed by atoms with Crippen molar-refractivity contribution in [3.05, 3.63) is 71.8 Å².